The number of carbonyl (C=O) groups is 3. The van der Waals surface area contributed by atoms with Crippen molar-refractivity contribution in [2.45, 2.75) is 50.1 Å². The summed E-state index contributed by atoms with van der Waals surface area (Å²) in [5, 5.41) is 15.0. The second kappa shape index (κ2) is 10.5. The van der Waals surface area contributed by atoms with E-state index in [1.54, 1.807) is 18.7 Å². The molecule has 0 aromatic heterocycles. The number of alkyl carbamates (subject to hydrolysis) is 1. The van der Waals surface area contributed by atoms with Gasteiger partial charge in [0.15, 0.2) is 0 Å². The predicted molar refractivity (Wildman–Crippen MR) is 132 cm³/mol. The minimum atomic E-state index is -0.940. The van der Waals surface area contributed by atoms with Crippen molar-refractivity contribution in [3.05, 3.63) is 59.7 Å². The normalized spacial score (nSPS) is 17.2. The fraction of sp³-hybridized carbons (Fsp3) is 0.423. The molecule has 0 saturated carbocycles. The van der Waals surface area contributed by atoms with Gasteiger partial charge in [-0.3, -0.25) is 9.59 Å². The molecule has 1 saturated heterocycles. The van der Waals surface area contributed by atoms with E-state index < -0.39 is 23.6 Å². The van der Waals surface area contributed by atoms with E-state index >= 15 is 0 Å². The van der Waals surface area contributed by atoms with Gasteiger partial charge in [-0.2, -0.15) is 11.8 Å². The molecule has 1 aliphatic carbocycles. The van der Waals surface area contributed by atoms with Gasteiger partial charge in [-0.15, -0.1) is 0 Å². The smallest absolute Gasteiger partial charge is 0.407 e. The molecule has 1 aliphatic heterocycles. The van der Waals surface area contributed by atoms with Gasteiger partial charge in [0, 0.05) is 5.92 Å². The third kappa shape index (κ3) is 5.22. The Kier molecular flexibility index (Phi) is 7.46. The summed E-state index contributed by atoms with van der Waals surface area (Å²) in [6.45, 7) is 1.96. The molecule has 2 aromatic rings. The number of aliphatic carboxylic acids is 1. The van der Waals surface area contributed by atoms with Crippen molar-refractivity contribution < 1.29 is 24.2 Å². The van der Waals surface area contributed by atoms with Crippen LogP contribution in [0.2, 0.25) is 0 Å². The molecule has 2 aromatic carbocycles. The minimum absolute atomic E-state index is 0.0642. The predicted octanol–water partition coefficient (Wildman–Crippen LogP) is 4.16. The molecule has 0 radical (unpaired) electrons. The van der Waals surface area contributed by atoms with Crippen molar-refractivity contribution in [1.29, 1.82) is 0 Å². The lowest BCUT2D eigenvalue weighted by atomic mass is 9.88. The molecule has 0 unspecified atom stereocenters. The van der Waals surface area contributed by atoms with E-state index in [9.17, 15) is 19.5 Å². The van der Waals surface area contributed by atoms with Crippen molar-refractivity contribution in [3.63, 3.8) is 0 Å². The molecule has 0 spiro atoms. The van der Waals surface area contributed by atoms with Crippen LogP contribution in [0.25, 0.3) is 11.1 Å². The van der Waals surface area contributed by atoms with E-state index in [4.69, 9.17) is 4.74 Å². The first-order chi connectivity index (χ1) is 16.4. The highest BCUT2D eigenvalue weighted by Crippen LogP contribution is 2.44. The minimum Gasteiger partial charge on any atom is -0.481 e. The first-order valence-corrected chi connectivity index (χ1v) is 12.8. The van der Waals surface area contributed by atoms with E-state index in [-0.39, 0.29) is 24.9 Å². The van der Waals surface area contributed by atoms with Crippen molar-refractivity contribution in [2.75, 3.05) is 18.1 Å². The van der Waals surface area contributed by atoms with Crippen LogP contribution in [0, 0.1) is 0 Å². The third-order valence-corrected chi connectivity index (χ3v) is 7.67. The summed E-state index contributed by atoms with van der Waals surface area (Å²) < 4.78 is 5.57. The lowest BCUT2D eigenvalue weighted by Crippen LogP contribution is -2.57. The Morgan fingerprint density at radius 1 is 1.06 bits per heavy atom. The largest absolute Gasteiger partial charge is 0.481 e. The molecule has 7 nitrogen and oxygen atoms in total. The van der Waals surface area contributed by atoms with Gasteiger partial charge in [0.05, 0.1) is 12.0 Å². The zero-order valence-corrected chi connectivity index (χ0v) is 20.0. The number of rotatable bonds is 8. The van der Waals surface area contributed by atoms with Gasteiger partial charge in [-0.25, -0.2) is 4.79 Å². The zero-order valence-electron chi connectivity index (χ0n) is 19.2. The van der Waals surface area contributed by atoms with Crippen LogP contribution in [-0.2, 0) is 14.3 Å². The molecule has 1 heterocycles. The summed E-state index contributed by atoms with van der Waals surface area (Å²) in [7, 11) is 0. The Balaban J connectivity index is 1.38. The molecule has 34 heavy (non-hydrogen) atoms. The molecule has 3 N–H and O–H groups in total. The summed E-state index contributed by atoms with van der Waals surface area (Å²) in [6, 6.07) is 15.4. The number of thioether (sulfide) groups is 1. The highest BCUT2D eigenvalue weighted by atomic mass is 32.2. The van der Waals surface area contributed by atoms with Crippen LogP contribution in [0.1, 0.15) is 49.7 Å². The lowest BCUT2D eigenvalue weighted by molar-refractivity contribution is -0.139. The highest BCUT2D eigenvalue weighted by Gasteiger charge is 2.38. The number of nitrogens with one attached hydrogen (secondary N) is 2. The van der Waals surface area contributed by atoms with Crippen LogP contribution in [0.15, 0.2) is 48.5 Å². The average Bonchev–Trinajstić information content (AvgIpc) is 3.15. The van der Waals surface area contributed by atoms with E-state index in [2.05, 4.69) is 22.8 Å². The van der Waals surface area contributed by atoms with Gasteiger partial charge in [-0.1, -0.05) is 55.5 Å². The Hall–Kier alpha value is -3.00. The first kappa shape index (κ1) is 24.1. The number of carboxylic acid groups (broad SMARTS) is 1. The number of amides is 2. The summed E-state index contributed by atoms with van der Waals surface area (Å²) in [6.07, 6.45) is 0.776. The zero-order chi connectivity index (χ0) is 24.1. The van der Waals surface area contributed by atoms with Crippen LogP contribution in [0.4, 0.5) is 4.79 Å². The van der Waals surface area contributed by atoms with Crippen LogP contribution >= 0.6 is 11.8 Å². The van der Waals surface area contributed by atoms with Gasteiger partial charge in [0.1, 0.15) is 12.6 Å². The number of hydrogen-bond donors (Lipinski definition) is 3. The summed E-state index contributed by atoms with van der Waals surface area (Å²) in [4.78, 5) is 37.0. The Morgan fingerprint density at radius 3 is 2.21 bits per heavy atom. The molecule has 0 bridgehead atoms. The van der Waals surface area contributed by atoms with Gasteiger partial charge < -0.3 is 20.5 Å². The number of hydrogen-bond acceptors (Lipinski definition) is 5. The van der Waals surface area contributed by atoms with Crippen molar-refractivity contribution in [3.8, 4) is 11.1 Å². The quantitative estimate of drug-likeness (QED) is 0.522. The van der Waals surface area contributed by atoms with Gasteiger partial charge in [0.25, 0.3) is 0 Å². The molecule has 2 aliphatic rings. The topological polar surface area (TPSA) is 105 Å². The molecule has 4 rings (SSSR count). The molecular weight excluding hydrogens is 452 g/mol. The van der Waals surface area contributed by atoms with Crippen LogP contribution < -0.4 is 10.6 Å². The SMILES string of the molecule is CC[C@@H](NC(=O)OCC1c2ccccc2-c2ccccc21)C(=O)NC1(CC(=O)O)CCSCC1. The fourth-order valence-electron chi connectivity index (χ4n) is 4.88. The van der Waals surface area contributed by atoms with Crippen molar-refractivity contribution in [1.82, 2.24) is 10.6 Å². The van der Waals surface area contributed by atoms with Crippen molar-refractivity contribution >= 4 is 29.7 Å². The fourth-order valence-corrected chi connectivity index (χ4v) is 6.16. The lowest BCUT2D eigenvalue weighted by Gasteiger charge is -2.37. The molecule has 8 heteroatoms. The van der Waals surface area contributed by atoms with E-state index in [1.165, 1.54) is 0 Å². The Morgan fingerprint density at radius 2 is 1.65 bits per heavy atom. The second-order valence-corrected chi connectivity index (χ2v) is 10.1. The van der Waals surface area contributed by atoms with E-state index in [1.807, 2.05) is 36.4 Å². The average molecular weight is 483 g/mol. The number of carboxylic acids is 1. The standard InChI is InChI=1S/C26H30N2O5S/c1-2-22(24(31)28-26(15-23(29)30)11-13-34-14-12-26)27-25(32)33-16-21-19-9-5-3-7-17(19)18-8-4-6-10-20(18)21/h3-10,21-22H,2,11-16H2,1H3,(H,27,32)(H,28,31)(H,29,30)/t22-/m1/s1. The molecule has 2 amide bonds. The van der Waals surface area contributed by atoms with Gasteiger partial charge >= 0.3 is 12.1 Å². The van der Waals surface area contributed by atoms with Gasteiger partial charge in [0.2, 0.25) is 5.91 Å². The third-order valence-electron chi connectivity index (χ3n) is 6.69. The van der Waals surface area contributed by atoms with Crippen LogP contribution in [0.5, 0.6) is 0 Å². The Labute approximate surface area is 203 Å². The van der Waals surface area contributed by atoms with E-state index in [0.29, 0.717) is 19.3 Å². The first-order valence-electron chi connectivity index (χ1n) is 11.7. The number of benzene rings is 2. The maximum absolute atomic E-state index is 13.0. The molecular formula is C26H30N2O5S. The monoisotopic (exact) mass is 482 g/mol. The summed E-state index contributed by atoms with van der Waals surface area (Å²) >= 11 is 1.75. The number of carbonyl (C=O) groups excluding carboxylic acids is 2. The van der Waals surface area contributed by atoms with E-state index in [0.717, 1.165) is 33.8 Å². The Bertz CT molecular complexity index is 1020. The second-order valence-electron chi connectivity index (χ2n) is 8.88. The van der Waals surface area contributed by atoms with Crippen LogP contribution in [0.3, 0.4) is 0 Å². The number of ether oxygens (including phenoxy) is 1. The van der Waals surface area contributed by atoms with Crippen LogP contribution in [-0.4, -0.2) is 52.8 Å². The maximum atomic E-state index is 13.0. The van der Waals surface area contributed by atoms with Gasteiger partial charge in [-0.05, 0) is 53.0 Å². The summed E-state index contributed by atoms with van der Waals surface area (Å²) in [5.74, 6) is 0.216. The molecule has 1 atom stereocenters. The molecule has 180 valence electrons. The molecule has 1 fully saturated rings. The number of fused-ring (bicyclic) bond motifs is 3. The highest BCUT2D eigenvalue weighted by molar-refractivity contribution is 7.99. The van der Waals surface area contributed by atoms with Crippen molar-refractivity contribution in [2.24, 2.45) is 0 Å². The maximum Gasteiger partial charge on any atom is 0.407 e. The summed E-state index contributed by atoms with van der Waals surface area (Å²) in [5.41, 5.74) is 3.75.